The molecule has 1 aliphatic rings. The molecule has 1 aliphatic carbocycles. The number of hydrogen-bond donors (Lipinski definition) is 1. The van der Waals surface area contributed by atoms with E-state index in [0.717, 1.165) is 24.8 Å². The van der Waals surface area contributed by atoms with Crippen LogP contribution in [0.3, 0.4) is 0 Å². The summed E-state index contributed by atoms with van der Waals surface area (Å²) in [7, 11) is 1.43. The molecule has 0 saturated heterocycles. The van der Waals surface area contributed by atoms with Gasteiger partial charge in [-0.1, -0.05) is 28.9 Å². The molecule has 0 radical (unpaired) electrons. The van der Waals surface area contributed by atoms with Gasteiger partial charge in [0.1, 0.15) is 18.6 Å². The maximum Gasteiger partial charge on any atom is 0.422 e. The Morgan fingerprint density at radius 1 is 1.30 bits per heavy atom. The lowest BCUT2D eigenvalue weighted by Crippen LogP contribution is -2.31. The Bertz CT molecular complexity index is 929. The van der Waals surface area contributed by atoms with Gasteiger partial charge in [-0.25, -0.2) is 4.98 Å². The van der Waals surface area contributed by atoms with Crippen molar-refractivity contribution in [1.82, 2.24) is 10.3 Å². The van der Waals surface area contributed by atoms with Gasteiger partial charge in [0.2, 0.25) is 0 Å². The van der Waals surface area contributed by atoms with Gasteiger partial charge in [0.25, 0.3) is 5.91 Å². The molecule has 0 atom stereocenters. The molecule has 3 rings (SSSR count). The van der Waals surface area contributed by atoms with E-state index in [-0.39, 0.29) is 18.0 Å². The minimum Gasteiger partial charge on any atom is -0.482 e. The van der Waals surface area contributed by atoms with E-state index in [4.69, 9.17) is 21.2 Å². The van der Waals surface area contributed by atoms with Gasteiger partial charge in [0.15, 0.2) is 6.61 Å². The van der Waals surface area contributed by atoms with Crippen molar-refractivity contribution in [1.29, 1.82) is 0 Å². The van der Waals surface area contributed by atoms with Crippen molar-refractivity contribution < 1.29 is 27.5 Å². The number of aromatic nitrogens is 1. The Balaban J connectivity index is 1.82. The first-order valence-electron chi connectivity index (χ1n) is 9.10. The van der Waals surface area contributed by atoms with Crippen LogP contribution in [-0.4, -0.2) is 43.0 Å². The summed E-state index contributed by atoms with van der Waals surface area (Å²) in [5, 5.41) is 7.11. The zero-order valence-corrected chi connectivity index (χ0v) is 16.8. The number of hydrogen-bond acceptors (Lipinski definition) is 5. The quantitative estimate of drug-likeness (QED) is 0.484. The molecule has 1 aromatic carbocycles. The zero-order valence-electron chi connectivity index (χ0n) is 16.0. The first-order valence-corrected chi connectivity index (χ1v) is 9.48. The standard InChI is InChI=1S/C20H19ClF3N3O3/c1-29-27-17(13-2-3-13)9-26-19(28)16-8-15(12-4-6-14(21)7-5-12)18(10-25-16)30-11-20(22,23)24/h4-8,10,13H,2-3,9,11H2,1H3,(H,26,28). The molecule has 160 valence electrons. The summed E-state index contributed by atoms with van der Waals surface area (Å²) in [4.78, 5) is 21.3. The van der Waals surface area contributed by atoms with Gasteiger partial charge in [-0.3, -0.25) is 4.79 Å². The van der Waals surface area contributed by atoms with Gasteiger partial charge in [0, 0.05) is 16.5 Å². The van der Waals surface area contributed by atoms with Crippen molar-refractivity contribution >= 4 is 23.2 Å². The number of ether oxygens (including phenoxy) is 1. The van der Waals surface area contributed by atoms with Gasteiger partial charge in [-0.15, -0.1) is 0 Å². The topological polar surface area (TPSA) is 72.8 Å². The fourth-order valence-corrected chi connectivity index (χ4v) is 2.87. The minimum atomic E-state index is -4.51. The molecule has 2 aromatic rings. The lowest BCUT2D eigenvalue weighted by molar-refractivity contribution is -0.153. The number of halogens is 4. The summed E-state index contributed by atoms with van der Waals surface area (Å²) in [5.74, 6) is -0.288. The number of pyridine rings is 1. The van der Waals surface area contributed by atoms with Crippen LogP contribution in [0.2, 0.25) is 5.02 Å². The highest BCUT2D eigenvalue weighted by atomic mass is 35.5. The summed E-state index contributed by atoms with van der Waals surface area (Å²) in [5.41, 5.74) is 1.59. The average Bonchev–Trinajstić information content (AvgIpc) is 3.54. The van der Waals surface area contributed by atoms with E-state index in [1.165, 1.54) is 13.2 Å². The van der Waals surface area contributed by atoms with Gasteiger partial charge in [-0.2, -0.15) is 13.2 Å². The third-order valence-electron chi connectivity index (χ3n) is 4.33. The van der Waals surface area contributed by atoms with E-state index in [1.807, 2.05) is 0 Å². The fourth-order valence-electron chi connectivity index (χ4n) is 2.74. The van der Waals surface area contributed by atoms with Gasteiger partial charge >= 0.3 is 6.18 Å². The van der Waals surface area contributed by atoms with E-state index in [9.17, 15) is 18.0 Å². The molecule has 1 aromatic heterocycles. The predicted molar refractivity (Wildman–Crippen MR) is 106 cm³/mol. The number of carbonyl (C=O) groups is 1. The van der Waals surface area contributed by atoms with Crippen LogP contribution in [0.5, 0.6) is 5.75 Å². The highest BCUT2D eigenvalue weighted by molar-refractivity contribution is 6.30. The van der Waals surface area contributed by atoms with Crippen molar-refractivity contribution in [2.45, 2.75) is 19.0 Å². The van der Waals surface area contributed by atoms with Crippen LogP contribution in [-0.2, 0) is 4.84 Å². The molecule has 1 fully saturated rings. The number of alkyl halides is 3. The summed E-state index contributed by atoms with van der Waals surface area (Å²) in [6, 6.07) is 7.81. The smallest absolute Gasteiger partial charge is 0.422 e. The molecule has 30 heavy (non-hydrogen) atoms. The molecular weight excluding hydrogens is 423 g/mol. The van der Waals surface area contributed by atoms with E-state index < -0.39 is 18.7 Å². The molecule has 1 amide bonds. The first-order chi connectivity index (χ1) is 14.3. The predicted octanol–water partition coefficient (Wildman–Crippen LogP) is 4.49. The van der Waals surface area contributed by atoms with E-state index in [2.05, 4.69) is 15.5 Å². The second kappa shape index (κ2) is 9.34. The molecule has 0 aliphatic heterocycles. The lowest BCUT2D eigenvalue weighted by Gasteiger charge is -2.14. The molecule has 0 spiro atoms. The number of benzene rings is 1. The molecule has 1 heterocycles. The van der Waals surface area contributed by atoms with Crippen LogP contribution in [0.15, 0.2) is 41.7 Å². The molecule has 0 bridgehead atoms. The Labute approximate surface area is 176 Å². The van der Waals surface area contributed by atoms with Gasteiger partial charge in [-0.05, 0) is 36.6 Å². The number of nitrogens with zero attached hydrogens (tertiary/aromatic N) is 2. The van der Waals surface area contributed by atoms with Crippen LogP contribution in [0.1, 0.15) is 23.3 Å². The number of oxime groups is 1. The summed E-state index contributed by atoms with van der Waals surface area (Å²) in [6.45, 7) is -1.28. The van der Waals surface area contributed by atoms with Crippen molar-refractivity contribution in [2.75, 3.05) is 20.3 Å². The van der Waals surface area contributed by atoms with Crippen LogP contribution in [0, 0.1) is 5.92 Å². The maximum absolute atomic E-state index is 12.6. The number of amides is 1. The highest BCUT2D eigenvalue weighted by Gasteiger charge is 2.30. The lowest BCUT2D eigenvalue weighted by atomic mass is 10.0. The molecule has 1 saturated carbocycles. The van der Waals surface area contributed by atoms with E-state index in [0.29, 0.717) is 22.1 Å². The minimum absolute atomic E-state index is 0.0341. The Kier molecular flexibility index (Phi) is 6.81. The number of rotatable bonds is 8. The largest absolute Gasteiger partial charge is 0.482 e. The molecular formula is C20H19ClF3N3O3. The number of carbonyl (C=O) groups excluding carboxylic acids is 1. The monoisotopic (exact) mass is 441 g/mol. The van der Waals surface area contributed by atoms with Crippen LogP contribution >= 0.6 is 11.6 Å². The molecule has 0 unspecified atom stereocenters. The Morgan fingerprint density at radius 3 is 2.60 bits per heavy atom. The molecule has 1 N–H and O–H groups in total. The normalized spacial score (nSPS) is 14.4. The number of nitrogens with one attached hydrogen (secondary N) is 1. The van der Waals surface area contributed by atoms with Gasteiger partial charge < -0.3 is 14.9 Å². The SMILES string of the molecule is CON=C(CNC(=O)c1cc(-c2ccc(Cl)cc2)c(OCC(F)(F)F)cn1)C1CC1. The van der Waals surface area contributed by atoms with Crippen LogP contribution < -0.4 is 10.1 Å². The van der Waals surface area contributed by atoms with Gasteiger partial charge in [0.05, 0.1) is 18.5 Å². The van der Waals surface area contributed by atoms with E-state index in [1.54, 1.807) is 24.3 Å². The second-order valence-electron chi connectivity index (χ2n) is 6.70. The third kappa shape index (κ3) is 6.09. The summed E-state index contributed by atoms with van der Waals surface area (Å²) in [6.07, 6.45) is -1.42. The van der Waals surface area contributed by atoms with Crippen molar-refractivity contribution in [3.8, 4) is 16.9 Å². The first kappa shape index (κ1) is 21.9. The summed E-state index contributed by atoms with van der Waals surface area (Å²) >= 11 is 5.89. The van der Waals surface area contributed by atoms with Crippen molar-refractivity contribution in [3.05, 3.63) is 47.2 Å². The highest BCUT2D eigenvalue weighted by Crippen LogP contribution is 2.32. The fraction of sp³-hybridized carbons (Fsp3) is 0.350. The zero-order chi connectivity index (χ0) is 21.7. The molecule has 6 nitrogen and oxygen atoms in total. The summed E-state index contributed by atoms with van der Waals surface area (Å²) < 4.78 is 42.7. The van der Waals surface area contributed by atoms with E-state index >= 15 is 0 Å². The maximum atomic E-state index is 12.6. The van der Waals surface area contributed by atoms with Crippen LogP contribution in [0.25, 0.3) is 11.1 Å². The van der Waals surface area contributed by atoms with Crippen molar-refractivity contribution in [2.24, 2.45) is 11.1 Å². The third-order valence-corrected chi connectivity index (χ3v) is 4.59. The Hall–Kier alpha value is -2.81. The van der Waals surface area contributed by atoms with Crippen LogP contribution in [0.4, 0.5) is 13.2 Å². The average molecular weight is 442 g/mol. The van der Waals surface area contributed by atoms with Crippen molar-refractivity contribution in [3.63, 3.8) is 0 Å². The molecule has 10 heteroatoms. The Morgan fingerprint density at radius 2 is 2.00 bits per heavy atom. The second-order valence-corrected chi connectivity index (χ2v) is 7.14.